The number of nitrogens with zero attached hydrogens (tertiary/aromatic N) is 4. The molecule has 2 heterocycles. The van der Waals surface area contributed by atoms with Gasteiger partial charge in [0.1, 0.15) is 11.5 Å². The van der Waals surface area contributed by atoms with Gasteiger partial charge in [-0.05, 0) is 36.4 Å². The van der Waals surface area contributed by atoms with Crippen LogP contribution >= 0.6 is 0 Å². The number of carbonyl (C=O) groups is 1. The van der Waals surface area contributed by atoms with Gasteiger partial charge in [0.15, 0.2) is 0 Å². The van der Waals surface area contributed by atoms with Crippen LogP contribution in [0.4, 0.5) is 10.1 Å². The largest absolute Gasteiger partial charge is 0.478 e. The Bertz CT molecular complexity index is 877. The summed E-state index contributed by atoms with van der Waals surface area (Å²) in [6, 6.07) is 9.27. The lowest BCUT2D eigenvalue weighted by molar-refractivity contribution is 0.0697. The van der Waals surface area contributed by atoms with Gasteiger partial charge in [0.25, 0.3) is 0 Å². The molecule has 1 aromatic carbocycles. The topological polar surface area (TPSA) is 71.2 Å². The number of anilines is 1. The first kappa shape index (κ1) is 16.6. The van der Waals surface area contributed by atoms with E-state index in [4.69, 9.17) is 5.11 Å². The summed E-state index contributed by atoms with van der Waals surface area (Å²) in [6.07, 6.45) is 4.97. The van der Waals surface area contributed by atoms with E-state index in [1.165, 1.54) is 30.5 Å². The van der Waals surface area contributed by atoms with Crippen LogP contribution in [0, 0.1) is 5.82 Å². The van der Waals surface area contributed by atoms with E-state index >= 15 is 0 Å². The first-order valence-electron chi connectivity index (χ1n) is 7.71. The minimum absolute atomic E-state index is 0.176. The maximum Gasteiger partial charge on any atom is 0.335 e. The molecule has 7 heteroatoms. The van der Waals surface area contributed by atoms with Crippen LogP contribution in [-0.4, -0.2) is 39.2 Å². The van der Waals surface area contributed by atoms with E-state index in [2.05, 4.69) is 9.97 Å². The SMILES string of the molecule is CN(CCn1cnc(-c2cc(C(=O)O)ccn2)c1)c1ccc(F)cc1. The van der Waals surface area contributed by atoms with Crippen molar-refractivity contribution in [1.29, 1.82) is 0 Å². The number of carboxylic acid groups (broad SMARTS) is 1. The third kappa shape index (κ3) is 4.00. The molecule has 0 spiro atoms. The summed E-state index contributed by atoms with van der Waals surface area (Å²) in [6.45, 7) is 1.39. The van der Waals surface area contributed by atoms with Crippen LogP contribution in [0.2, 0.25) is 0 Å². The average Bonchev–Trinajstić information content (AvgIpc) is 3.09. The molecule has 0 aliphatic carbocycles. The Labute approximate surface area is 144 Å². The number of hydrogen-bond acceptors (Lipinski definition) is 4. The molecule has 0 aliphatic rings. The molecule has 0 fully saturated rings. The van der Waals surface area contributed by atoms with E-state index in [9.17, 15) is 9.18 Å². The summed E-state index contributed by atoms with van der Waals surface area (Å²) in [4.78, 5) is 21.5. The van der Waals surface area contributed by atoms with Gasteiger partial charge in [0.05, 0.1) is 17.6 Å². The van der Waals surface area contributed by atoms with Crippen LogP contribution in [0.5, 0.6) is 0 Å². The second-order valence-corrected chi connectivity index (χ2v) is 5.63. The number of aromatic carboxylic acids is 1. The zero-order valence-electron chi connectivity index (χ0n) is 13.6. The highest BCUT2D eigenvalue weighted by atomic mass is 19.1. The minimum Gasteiger partial charge on any atom is -0.478 e. The second-order valence-electron chi connectivity index (χ2n) is 5.63. The highest BCUT2D eigenvalue weighted by Crippen LogP contribution is 2.16. The Kier molecular flexibility index (Phi) is 4.74. The van der Waals surface area contributed by atoms with Crippen molar-refractivity contribution in [2.45, 2.75) is 6.54 Å². The third-order valence-electron chi connectivity index (χ3n) is 3.86. The van der Waals surface area contributed by atoms with Gasteiger partial charge in [-0.3, -0.25) is 4.98 Å². The molecule has 6 nitrogen and oxygen atoms in total. The molecule has 0 amide bonds. The molecule has 0 saturated carbocycles. The molecule has 3 rings (SSSR count). The molecule has 0 aliphatic heterocycles. The fraction of sp³-hybridized carbons (Fsp3) is 0.167. The lowest BCUT2D eigenvalue weighted by Gasteiger charge is -2.19. The van der Waals surface area contributed by atoms with Gasteiger partial charge in [-0.25, -0.2) is 14.2 Å². The van der Waals surface area contributed by atoms with E-state index in [1.54, 1.807) is 18.5 Å². The third-order valence-corrected chi connectivity index (χ3v) is 3.86. The Morgan fingerprint density at radius 2 is 1.96 bits per heavy atom. The molecule has 128 valence electrons. The normalized spacial score (nSPS) is 10.6. The number of hydrogen-bond donors (Lipinski definition) is 1. The van der Waals surface area contributed by atoms with Gasteiger partial charge in [0, 0.05) is 38.2 Å². The van der Waals surface area contributed by atoms with Crippen LogP contribution in [0.15, 0.2) is 55.1 Å². The van der Waals surface area contributed by atoms with Crippen LogP contribution in [0.3, 0.4) is 0 Å². The van der Waals surface area contributed by atoms with Crippen molar-refractivity contribution in [3.63, 3.8) is 0 Å². The number of imidazole rings is 1. The molecule has 1 N–H and O–H groups in total. The van der Waals surface area contributed by atoms with E-state index < -0.39 is 5.97 Å². The molecule has 0 unspecified atom stereocenters. The number of benzene rings is 1. The highest BCUT2D eigenvalue weighted by molar-refractivity contribution is 5.88. The predicted molar refractivity (Wildman–Crippen MR) is 92.1 cm³/mol. The monoisotopic (exact) mass is 340 g/mol. The minimum atomic E-state index is -0.996. The van der Waals surface area contributed by atoms with Gasteiger partial charge in [-0.2, -0.15) is 0 Å². The summed E-state index contributed by atoms with van der Waals surface area (Å²) in [5.41, 5.74) is 2.24. The van der Waals surface area contributed by atoms with Crippen molar-refractivity contribution in [2.75, 3.05) is 18.5 Å². The number of rotatable bonds is 6. The van der Waals surface area contributed by atoms with Crippen LogP contribution in [0.25, 0.3) is 11.4 Å². The van der Waals surface area contributed by atoms with Crippen molar-refractivity contribution in [3.05, 3.63) is 66.5 Å². The summed E-state index contributed by atoms with van der Waals surface area (Å²) in [5, 5.41) is 9.05. The average molecular weight is 340 g/mol. The lowest BCUT2D eigenvalue weighted by Crippen LogP contribution is -2.22. The predicted octanol–water partition coefficient (Wildman–Crippen LogP) is 2.92. The van der Waals surface area contributed by atoms with Gasteiger partial charge in [-0.15, -0.1) is 0 Å². The first-order valence-corrected chi connectivity index (χ1v) is 7.71. The maximum atomic E-state index is 13.0. The van der Waals surface area contributed by atoms with E-state index in [0.29, 0.717) is 24.5 Å². The number of halogens is 1. The standard InChI is InChI=1S/C18H17FN4O2/c1-22(15-4-2-14(19)3-5-15)8-9-23-11-17(21-12-23)16-10-13(18(24)25)6-7-20-16/h2-7,10-12H,8-9H2,1H3,(H,24,25). The lowest BCUT2D eigenvalue weighted by atomic mass is 10.2. The summed E-state index contributed by atoms with van der Waals surface area (Å²) >= 11 is 0. The van der Waals surface area contributed by atoms with E-state index in [1.807, 2.05) is 22.7 Å². The Balaban J connectivity index is 1.66. The van der Waals surface area contributed by atoms with Gasteiger partial charge in [-0.1, -0.05) is 0 Å². The van der Waals surface area contributed by atoms with Crippen molar-refractivity contribution in [3.8, 4) is 11.4 Å². The molecule has 0 saturated heterocycles. The summed E-state index contributed by atoms with van der Waals surface area (Å²) in [5.74, 6) is -1.25. The summed E-state index contributed by atoms with van der Waals surface area (Å²) in [7, 11) is 1.93. The molecular formula is C18H17FN4O2. The Morgan fingerprint density at radius 3 is 2.68 bits per heavy atom. The highest BCUT2D eigenvalue weighted by Gasteiger charge is 2.09. The van der Waals surface area contributed by atoms with Crippen molar-refractivity contribution in [2.24, 2.45) is 0 Å². The quantitative estimate of drug-likeness (QED) is 0.747. The number of likely N-dealkylation sites (N-methyl/N-ethyl adjacent to an activating group) is 1. The summed E-state index contributed by atoms with van der Waals surface area (Å²) < 4.78 is 14.9. The first-order chi connectivity index (χ1) is 12.0. The van der Waals surface area contributed by atoms with Gasteiger partial charge in [0.2, 0.25) is 0 Å². The number of carboxylic acids is 1. The molecule has 0 radical (unpaired) electrons. The van der Waals surface area contributed by atoms with Crippen LogP contribution in [-0.2, 0) is 6.54 Å². The van der Waals surface area contributed by atoms with E-state index in [-0.39, 0.29) is 11.4 Å². The smallest absolute Gasteiger partial charge is 0.335 e. The number of pyridine rings is 1. The Hall–Kier alpha value is -3.22. The fourth-order valence-corrected chi connectivity index (χ4v) is 2.41. The van der Waals surface area contributed by atoms with Gasteiger partial charge >= 0.3 is 5.97 Å². The molecule has 25 heavy (non-hydrogen) atoms. The van der Waals surface area contributed by atoms with E-state index in [0.717, 1.165) is 5.69 Å². The molecule has 3 aromatic rings. The van der Waals surface area contributed by atoms with Crippen molar-refractivity contribution in [1.82, 2.24) is 14.5 Å². The van der Waals surface area contributed by atoms with Crippen LogP contribution in [0.1, 0.15) is 10.4 Å². The molecule has 0 atom stereocenters. The zero-order valence-corrected chi connectivity index (χ0v) is 13.6. The van der Waals surface area contributed by atoms with Crippen molar-refractivity contribution >= 4 is 11.7 Å². The number of aromatic nitrogens is 3. The maximum absolute atomic E-state index is 13.0. The Morgan fingerprint density at radius 1 is 1.20 bits per heavy atom. The second kappa shape index (κ2) is 7.12. The van der Waals surface area contributed by atoms with Gasteiger partial charge < -0.3 is 14.6 Å². The molecule has 0 bridgehead atoms. The van der Waals surface area contributed by atoms with Crippen molar-refractivity contribution < 1.29 is 14.3 Å². The fourth-order valence-electron chi connectivity index (χ4n) is 2.41. The molecular weight excluding hydrogens is 323 g/mol. The van der Waals surface area contributed by atoms with Crippen LogP contribution < -0.4 is 4.90 Å². The zero-order chi connectivity index (χ0) is 17.8. The molecule has 2 aromatic heterocycles.